The number of benzene rings is 1. The third-order valence-corrected chi connectivity index (χ3v) is 7.72. The third-order valence-electron chi connectivity index (χ3n) is 4.31. The summed E-state index contributed by atoms with van der Waals surface area (Å²) in [7, 11) is 0. The minimum atomic E-state index is -0.336. The van der Waals surface area contributed by atoms with Gasteiger partial charge in [0.1, 0.15) is 5.69 Å². The summed E-state index contributed by atoms with van der Waals surface area (Å²) in [4.78, 5) is 17.3. The highest BCUT2D eigenvalue weighted by Crippen LogP contribution is 2.45. The van der Waals surface area contributed by atoms with Gasteiger partial charge in [-0.3, -0.25) is 4.79 Å². The van der Waals surface area contributed by atoms with Gasteiger partial charge in [-0.1, -0.05) is 23.7 Å². The molecule has 1 aromatic carbocycles. The average Bonchev–Trinajstić information content (AvgIpc) is 3.32. The van der Waals surface area contributed by atoms with E-state index in [1.54, 1.807) is 16.8 Å². The second kappa shape index (κ2) is 8.19. The predicted octanol–water partition coefficient (Wildman–Crippen LogP) is 5.27. The predicted molar refractivity (Wildman–Crippen MR) is 118 cm³/mol. The quantitative estimate of drug-likeness (QED) is 0.611. The van der Waals surface area contributed by atoms with Crippen molar-refractivity contribution >= 4 is 46.7 Å². The maximum absolute atomic E-state index is 12.8. The SMILES string of the molecule is Cc1cc(C)n(-c2ccc(Cl)c(C(=O)Nc3cccc(C4SCCS4)c3)n2)n1. The molecule has 0 unspecified atom stereocenters. The fourth-order valence-electron chi connectivity index (χ4n) is 3.07. The van der Waals surface area contributed by atoms with Crippen molar-refractivity contribution in [3.05, 3.63) is 70.1 Å². The number of hydrogen-bond acceptors (Lipinski definition) is 5. The second-order valence-electron chi connectivity index (χ2n) is 6.49. The van der Waals surface area contributed by atoms with Gasteiger partial charge in [-0.05, 0) is 49.7 Å². The number of thioether (sulfide) groups is 2. The summed E-state index contributed by atoms with van der Waals surface area (Å²) in [5.74, 6) is 2.54. The van der Waals surface area contributed by atoms with Crippen molar-refractivity contribution in [1.29, 1.82) is 0 Å². The Morgan fingerprint density at radius 3 is 2.68 bits per heavy atom. The maximum Gasteiger partial charge on any atom is 0.275 e. The smallest absolute Gasteiger partial charge is 0.275 e. The molecule has 28 heavy (non-hydrogen) atoms. The molecule has 0 spiro atoms. The number of nitrogens with zero attached hydrogens (tertiary/aromatic N) is 3. The van der Waals surface area contributed by atoms with Gasteiger partial charge in [0.15, 0.2) is 5.82 Å². The van der Waals surface area contributed by atoms with E-state index in [9.17, 15) is 4.79 Å². The van der Waals surface area contributed by atoms with Crippen LogP contribution in [0.15, 0.2) is 42.5 Å². The Kier molecular flexibility index (Phi) is 5.66. The van der Waals surface area contributed by atoms with Gasteiger partial charge in [0.2, 0.25) is 0 Å². The summed E-state index contributed by atoms with van der Waals surface area (Å²) < 4.78 is 2.13. The van der Waals surface area contributed by atoms with E-state index in [0.717, 1.165) is 28.6 Å². The second-order valence-corrected chi connectivity index (χ2v) is 9.62. The number of carbonyl (C=O) groups excluding carboxylic acids is 1. The molecule has 144 valence electrons. The van der Waals surface area contributed by atoms with Crippen LogP contribution in [0, 0.1) is 13.8 Å². The van der Waals surface area contributed by atoms with E-state index in [1.165, 1.54) is 5.56 Å². The van der Waals surface area contributed by atoms with Crippen molar-refractivity contribution in [3.8, 4) is 5.82 Å². The first-order valence-electron chi connectivity index (χ1n) is 8.86. The summed E-state index contributed by atoms with van der Waals surface area (Å²) in [6.45, 7) is 3.86. The minimum absolute atomic E-state index is 0.182. The summed E-state index contributed by atoms with van der Waals surface area (Å²) >= 11 is 10.1. The van der Waals surface area contributed by atoms with Crippen LogP contribution in [0.2, 0.25) is 5.02 Å². The van der Waals surface area contributed by atoms with Crippen LogP contribution in [0.1, 0.15) is 32.0 Å². The van der Waals surface area contributed by atoms with Crippen molar-refractivity contribution < 1.29 is 4.79 Å². The van der Waals surface area contributed by atoms with E-state index < -0.39 is 0 Å². The van der Waals surface area contributed by atoms with Gasteiger partial charge in [-0.2, -0.15) is 5.10 Å². The van der Waals surface area contributed by atoms with Crippen LogP contribution in [0.5, 0.6) is 0 Å². The van der Waals surface area contributed by atoms with E-state index in [4.69, 9.17) is 11.6 Å². The maximum atomic E-state index is 12.8. The average molecular weight is 431 g/mol. The first kappa shape index (κ1) is 19.4. The Balaban J connectivity index is 1.59. The molecule has 1 aliphatic heterocycles. The zero-order valence-corrected chi connectivity index (χ0v) is 17.9. The minimum Gasteiger partial charge on any atom is -0.321 e. The summed E-state index contributed by atoms with van der Waals surface area (Å²) in [6.07, 6.45) is 0. The molecule has 3 aromatic rings. The van der Waals surface area contributed by atoms with E-state index in [2.05, 4.69) is 21.5 Å². The van der Waals surface area contributed by atoms with Gasteiger partial charge in [-0.25, -0.2) is 9.67 Å². The van der Waals surface area contributed by atoms with Crippen molar-refractivity contribution in [2.75, 3.05) is 16.8 Å². The lowest BCUT2D eigenvalue weighted by Gasteiger charge is -2.12. The Hall–Kier alpha value is -1.96. The number of amides is 1. The molecule has 1 amide bonds. The lowest BCUT2D eigenvalue weighted by molar-refractivity contribution is 0.102. The van der Waals surface area contributed by atoms with Gasteiger partial charge >= 0.3 is 0 Å². The van der Waals surface area contributed by atoms with E-state index in [-0.39, 0.29) is 11.6 Å². The first-order chi connectivity index (χ1) is 13.5. The third kappa shape index (κ3) is 4.06. The molecule has 4 rings (SSSR count). The molecule has 0 aliphatic carbocycles. The zero-order valence-electron chi connectivity index (χ0n) is 15.5. The zero-order chi connectivity index (χ0) is 19.7. The number of carbonyl (C=O) groups is 1. The summed E-state index contributed by atoms with van der Waals surface area (Å²) in [5.41, 5.74) is 3.96. The highest BCUT2D eigenvalue weighted by molar-refractivity contribution is 8.19. The van der Waals surface area contributed by atoms with E-state index in [1.807, 2.05) is 61.6 Å². The number of halogens is 1. The van der Waals surface area contributed by atoms with E-state index in [0.29, 0.717) is 15.4 Å². The molecule has 0 saturated carbocycles. The van der Waals surface area contributed by atoms with Crippen molar-refractivity contribution in [2.24, 2.45) is 0 Å². The van der Waals surface area contributed by atoms with Crippen LogP contribution >= 0.6 is 35.1 Å². The highest BCUT2D eigenvalue weighted by Gasteiger charge is 2.20. The summed E-state index contributed by atoms with van der Waals surface area (Å²) in [6, 6.07) is 13.4. The van der Waals surface area contributed by atoms with Crippen molar-refractivity contribution in [2.45, 2.75) is 18.4 Å². The van der Waals surface area contributed by atoms with Crippen LogP contribution in [0.3, 0.4) is 0 Å². The lowest BCUT2D eigenvalue weighted by atomic mass is 10.2. The Labute approximate surface area is 177 Å². The molecule has 0 atom stereocenters. The molecule has 5 nitrogen and oxygen atoms in total. The molecule has 8 heteroatoms. The molecular weight excluding hydrogens is 412 g/mol. The Bertz CT molecular complexity index is 1030. The monoisotopic (exact) mass is 430 g/mol. The first-order valence-corrected chi connectivity index (χ1v) is 11.3. The molecular formula is C20H19ClN4OS2. The topological polar surface area (TPSA) is 59.8 Å². The largest absolute Gasteiger partial charge is 0.321 e. The number of rotatable bonds is 4. The molecule has 1 saturated heterocycles. The van der Waals surface area contributed by atoms with Gasteiger partial charge in [0.05, 0.1) is 15.3 Å². The van der Waals surface area contributed by atoms with Crippen LogP contribution in [0.25, 0.3) is 5.82 Å². The number of nitrogens with one attached hydrogen (secondary N) is 1. The van der Waals surface area contributed by atoms with Gasteiger partial charge in [-0.15, -0.1) is 23.5 Å². The normalized spacial score (nSPS) is 14.4. The van der Waals surface area contributed by atoms with E-state index >= 15 is 0 Å². The van der Waals surface area contributed by atoms with Crippen LogP contribution < -0.4 is 5.32 Å². The van der Waals surface area contributed by atoms with Gasteiger partial charge in [0.25, 0.3) is 5.91 Å². The number of hydrogen-bond donors (Lipinski definition) is 1. The standard InChI is InChI=1S/C20H19ClN4OS2/c1-12-10-13(2)25(24-12)17-7-6-16(21)18(23-17)19(26)22-15-5-3-4-14(11-15)20-27-8-9-28-20/h3-7,10-11,20H,8-9H2,1-2H3,(H,22,26). The molecule has 0 radical (unpaired) electrons. The Morgan fingerprint density at radius 2 is 1.96 bits per heavy atom. The fourth-order valence-corrected chi connectivity index (χ4v) is 6.10. The Morgan fingerprint density at radius 1 is 1.18 bits per heavy atom. The molecule has 1 aliphatic rings. The number of aryl methyl sites for hydroxylation is 2. The number of aromatic nitrogens is 3. The highest BCUT2D eigenvalue weighted by atomic mass is 35.5. The molecule has 2 aromatic heterocycles. The van der Waals surface area contributed by atoms with Crippen LogP contribution in [-0.2, 0) is 0 Å². The fraction of sp³-hybridized carbons (Fsp3) is 0.250. The number of anilines is 1. The molecule has 0 bridgehead atoms. The molecule has 1 fully saturated rings. The van der Waals surface area contributed by atoms with Crippen LogP contribution in [0.4, 0.5) is 5.69 Å². The lowest BCUT2D eigenvalue weighted by Crippen LogP contribution is -2.16. The van der Waals surface area contributed by atoms with Gasteiger partial charge < -0.3 is 5.32 Å². The van der Waals surface area contributed by atoms with Crippen molar-refractivity contribution in [1.82, 2.24) is 14.8 Å². The van der Waals surface area contributed by atoms with Gasteiger partial charge in [0, 0.05) is 22.9 Å². The molecule has 3 heterocycles. The van der Waals surface area contributed by atoms with Crippen molar-refractivity contribution in [3.63, 3.8) is 0 Å². The van der Waals surface area contributed by atoms with Crippen LogP contribution in [-0.4, -0.2) is 32.2 Å². The molecule has 1 N–H and O–H groups in total. The number of pyridine rings is 1. The summed E-state index contributed by atoms with van der Waals surface area (Å²) in [5, 5.41) is 7.66.